The van der Waals surface area contributed by atoms with E-state index in [-0.39, 0.29) is 18.4 Å². The number of methoxy groups -OCH3 is 1. The Morgan fingerprint density at radius 2 is 2.03 bits per heavy atom. The molecule has 2 aliphatic rings. The van der Waals surface area contributed by atoms with Gasteiger partial charge in [0.2, 0.25) is 5.91 Å². The van der Waals surface area contributed by atoms with Crippen molar-refractivity contribution in [1.82, 2.24) is 21.0 Å². The molecule has 0 aromatic heterocycles. The number of aliphatic imine (C=N–C) groups is 1. The molecule has 0 aromatic carbocycles. The predicted octanol–water partition coefficient (Wildman–Crippen LogP) is 2.53. The highest BCUT2D eigenvalue weighted by Gasteiger charge is 2.23. The van der Waals surface area contributed by atoms with Crippen LogP contribution in [-0.4, -0.2) is 77.2 Å². The average Bonchev–Trinajstić information content (AvgIpc) is 2.87. The molecule has 1 saturated heterocycles. The second-order valence-electron chi connectivity index (χ2n) is 7.61. The van der Waals surface area contributed by atoms with Crippen molar-refractivity contribution in [2.45, 2.75) is 18.9 Å². The molecule has 1 aliphatic carbocycles. The lowest BCUT2D eigenvalue weighted by molar-refractivity contribution is -0.130. The number of hydrogen-bond donors (Lipinski definition) is 3. The Morgan fingerprint density at radius 3 is 2.74 bits per heavy atom. The van der Waals surface area contributed by atoms with Crippen molar-refractivity contribution in [3.63, 3.8) is 0 Å². The number of hydrogen-bond acceptors (Lipinski definition) is 8. The van der Waals surface area contributed by atoms with Crippen LogP contribution in [0.3, 0.4) is 0 Å². The zero-order valence-electron chi connectivity index (χ0n) is 20.6. The van der Waals surface area contributed by atoms with Crippen molar-refractivity contribution in [2.75, 3.05) is 54.1 Å². The van der Waals surface area contributed by atoms with E-state index in [2.05, 4.69) is 43.0 Å². The molecule has 0 saturated carbocycles. The highest BCUT2D eigenvalue weighted by molar-refractivity contribution is 6.39. The van der Waals surface area contributed by atoms with Gasteiger partial charge in [-0.25, -0.2) is 5.48 Å². The molecular formula is C25H36ClN5O4. The molecule has 1 amide bonds. The van der Waals surface area contributed by atoms with E-state index in [1.807, 2.05) is 24.4 Å². The third-order valence-corrected chi connectivity index (χ3v) is 5.51. The first-order valence-corrected chi connectivity index (χ1v) is 11.9. The van der Waals surface area contributed by atoms with Crippen LogP contribution >= 0.6 is 11.6 Å². The minimum Gasteiger partial charge on any atom is -0.380 e. The molecule has 0 aromatic rings. The van der Waals surface area contributed by atoms with Crippen LogP contribution < -0.4 is 16.1 Å². The number of amides is 1. The first kappa shape index (κ1) is 28.4. The van der Waals surface area contributed by atoms with Gasteiger partial charge in [-0.15, -0.1) is 0 Å². The number of carbonyl (C=O) groups excluding carboxylic acids is 1. The van der Waals surface area contributed by atoms with E-state index in [0.29, 0.717) is 17.3 Å². The summed E-state index contributed by atoms with van der Waals surface area (Å²) in [5.41, 5.74) is 5.21. The first-order valence-electron chi connectivity index (χ1n) is 11.5. The number of morpholine rings is 1. The highest BCUT2D eigenvalue weighted by Crippen LogP contribution is 2.23. The Kier molecular flexibility index (Phi) is 13.6. The summed E-state index contributed by atoms with van der Waals surface area (Å²) in [7, 11) is 4.79. The molecule has 0 radical (unpaired) electrons. The Labute approximate surface area is 212 Å². The second kappa shape index (κ2) is 16.7. The standard InChI is InChI=1S/C25H36ClN5O4/c1-27-19-21(26)22(28-12-7-5-4-6-8-25(32)30-34-3)11-13-29-23-10-9-20(18-24(23)33-2)31-14-16-35-17-15-31/h4-7,9-11,13,19,24,28-29H,8,12,14-18H2,1-3H3,(H,30,32)/b6-4-,7-5-,13-11+,22-21-,27-19-. The summed E-state index contributed by atoms with van der Waals surface area (Å²) in [6, 6.07) is 0. The molecule has 1 heterocycles. The number of carbonyl (C=O) groups is 1. The van der Waals surface area contributed by atoms with E-state index in [0.717, 1.165) is 38.4 Å². The lowest BCUT2D eigenvalue weighted by Crippen LogP contribution is -2.38. The molecule has 1 fully saturated rings. The SMILES string of the molecule is C\N=C/C(Cl)=C(\C=C\NC1=CC=C(N2CCOCC2)CC1OC)NC/C=C\C=C/CC(=O)NOC. The van der Waals surface area contributed by atoms with Crippen LogP contribution in [0.1, 0.15) is 12.8 Å². The second-order valence-corrected chi connectivity index (χ2v) is 8.01. The molecule has 10 heteroatoms. The normalized spacial score (nSPS) is 19.9. The molecule has 0 spiro atoms. The zero-order chi connectivity index (χ0) is 25.3. The van der Waals surface area contributed by atoms with E-state index in [4.69, 9.17) is 21.1 Å². The van der Waals surface area contributed by atoms with Gasteiger partial charge >= 0.3 is 0 Å². The molecule has 35 heavy (non-hydrogen) atoms. The van der Waals surface area contributed by atoms with Crippen molar-refractivity contribution in [3.8, 4) is 0 Å². The van der Waals surface area contributed by atoms with Crippen LogP contribution in [0.2, 0.25) is 0 Å². The van der Waals surface area contributed by atoms with Crippen molar-refractivity contribution >= 4 is 23.7 Å². The first-order chi connectivity index (χ1) is 17.1. The van der Waals surface area contributed by atoms with Crippen molar-refractivity contribution < 1.29 is 19.1 Å². The molecule has 0 bridgehead atoms. The predicted molar refractivity (Wildman–Crippen MR) is 140 cm³/mol. The lowest BCUT2D eigenvalue weighted by Gasteiger charge is -2.34. The van der Waals surface area contributed by atoms with Crippen LogP contribution in [0, 0.1) is 0 Å². The summed E-state index contributed by atoms with van der Waals surface area (Å²) in [5, 5.41) is 7.08. The number of hydroxylamine groups is 1. The fourth-order valence-electron chi connectivity index (χ4n) is 3.45. The van der Waals surface area contributed by atoms with Gasteiger partial charge in [-0.1, -0.05) is 35.9 Å². The maximum Gasteiger partial charge on any atom is 0.247 e. The Balaban J connectivity index is 1.94. The Morgan fingerprint density at radius 1 is 1.26 bits per heavy atom. The van der Waals surface area contributed by atoms with Crippen molar-refractivity contribution in [2.24, 2.45) is 4.99 Å². The van der Waals surface area contributed by atoms with Crippen LogP contribution in [0.25, 0.3) is 0 Å². The van der Waals surface area contributed by atoms with Crippen LogP contribution in [0.4, 0.5) is 0 Å². The number of nitrogens with one attached hydrogen (secondary N) is 3. The van der Waals surface area contributed by atoms with Gasteiger partial charge in [-0.05, 0) is 18.2 Å². The monoisotopic (exact) mass is 505 g/mol. The third kappa shape index (κ3) is 10.5. The van der Waals surface area contributed by atoms with Gasteiger partial charge < -0.3 is 25.0 Å². The van der Waals surface area contributed by atoms with Crippen molar-refractivity contribution in [3.05, 3.63) is 70.9 Å². The summed E-state index contributed by atoms with van der Waals surface area (Å²) in [6.07, 6.45) is 17.8. The molecule has 1 aliphatic heterocycles. The van der Waals surface area contributed by atoms with E-state index in [1.165, 1.54) is 12.8 Å². The summed E-state index contributed by atoms with van der Waals surface area (Å²) in [5.74, 6) is -0.208. The van der Waals surface area contributed by atoms with Gasteiger partial charge in [-0.3, -0.25) is 14.6 Å². The maximum atomic E-state index is 11.3. The van der Waals surface area contributed by atoms with Gasteiger partial charge in [0.1, 0.15) is 6.10 Å². The minimum atomic E-state index is -0.208. The zero-order valence-corrected chi connectivity index (χ0v) is 21.4. The average molecular weight is 506 g/mol. The quantitative estimate of drug-likeness (QED) is 0.201. The number of rotatable bonds is 13. The summed E-state index contributed by atoms with van der Waals surface area (Å²) in [4.78, 5) is 22.2. The van der Waals surface area contributed by atoms with Gasteiger partial charge in [-0.2, -0.15) is 0 Å². The molecular weight excluding hydrogens is 470 g/mol. The molecule has 9 nitrogen and oxygen atoms in total. The van der Waals surface area contributed by atoms with Crippen molar-refractivity contribution in [1.29, 1.82) is 0 Å². The molecule has 1 unspecified atom stereocenters. The van der Waals surface area contributed by atoms with E-state index < -0.39 is 0 Å². The minimum absolute atomic E-state index is 0.0590. The Hall–Kier alpha value is -2.85. The topological polar surface area (TPSA) is 96.5 Å². The fraction of sp³-hybridized carbons (Fsp3) is 0.440. The fourth-order valence-corrected chi connectivity index (χ4v) is 3.68. The lowest BCUT2D eigenvalue weighted by atomic mass is 10.0. The van der Waals surface area contributed by atoms with Gasteiger partial charge in [0, 0.05) is 70.4 Å². The number of nitrogens with zero attached hydrogens (tertiary/aromatic N) is 2. The number of ether oxygens (including phenoxy) is 2. The van der Waals surface area contributed by atoms with Gasteiger partial charge in [0.05, 0.1) is 31.1 Å². The maximum absolute atomic E-state index is 11.3. The summed E-state index contributed by atoms with van der Waals surface area (Å²) >= 11 is 6.39. The molecule has 192 valence electrons. The molecule has 2 rings (SSSR count). The van der Waals surface area contributed by atoms with E-state index in [1.54, 1.807) is 32.5 Å². The smallest absolute Gasteiger partial charge is 0.247 e. The van der Waals surface area contributed by atoms with E-state index >= 15 is 0 Å². The van der Waals surface area contributed by atoms with Crippen LogP contribution in [0.5, 0.6) is 0 Å². The largest absolute Gasteiger partial charge is 0.380 e. The number of halogens is 1. The number of allylic oxidation sites excluding steroid dienone is 6. The van der Waals surface area contributed by atoms with Gasteiger partial charge in [0.25, 0.3) is 0 Å². The molecule has 3 N–H and O–H groups in total. The molecule has 1 atom stereocenters. The summed E-state index contributed by atoms with van der Waals surface area (Å²) < 4.78 is 11.2. The third-order valence-electron chi connectivity index (χ3n) is 5.21. The van der Waals surface area contributed by atoms with Crippen LogP contribution in [0.15, 0.2) is 75.8 Å². The van der Waals surface area contributed by atoms with Crippen LogP contribution in [-0.2, 0) is 19.1 Å². The summed E-state index contributed by atoms with van der Waals surface area (Å²) in [6.45, 7) is 3.87. The highest BCUT2D eigenvalue weighted by atomic mass is 35.5. The Bertz CT molecular complexity index is 886. The van der Waals surface area contributed by atoms with E-state index in [9.17, 15) is 4.79 Å². The van der Waals surface area contributed by atoms with Gasteiger partial charge in [0.15, 0.2) is 0 Å².